The van der Waals surface area contributed by atoms with Crippen LogP contribution >= 0.6 is 0 Å². The number of carbonyl (C=O) groups is 1. The lowest BCUT2D eigenvalue weighted by Crippen LogP contribution is -2.03. The first-order valence-electron chi connectivity index (χ1n) is 5.84. The Bertz CT molecular complexity index is 594. The summed E-state index contributed by atoms with van der Waals surface area (Å²) in [5, 5.41) is 0. The molecule has 0 fully saturated rings. The molecular formula is C15H12F2O3. The van der Waals surface area contributed by atoms with Crippen molar-refractivity contribution in [3.05, 3.63) is 54.1 Å². The molecule has 0 saturated heterocycles. The van der Waals surface area contributed by atoms with E-state index < -0.39 is 12.6 Å². The molecule has 5 heteroatoms. The van der Waals surface area contributed by atoms with E-state index in [1.54, 1.807) is 36.4 Å². The predicted molar refractivity (Wildman–Crippen MR) is 69.8 cm³/mol. The molecule has 2 aromatic carbocycles. The molecule has 104 valence electrons. The van der Waals surface area contributed by atoms with Crippen molar-refractivity contribution in [2.45, 2.75) is 6.61 Å². The fraction of sp³-hybridized carbons (Fsp3) is 0.133. The average molecular weight is 278 g/mol. The molecule has 0 heterocycles. The van der Waals surface area contributed by atoms with Crippen LogP contribution in [-0.2, 0) is 4.74 Å². The van der Waals surface area contributed by atoms with Crippen LogP contribution in [0.2, 0.25) is 0 Å². The molecule has 0 spiro atoms. The first-order chi connectivity index (χ1) is 9.61. The fourth-order valence-corrected chi connectivity index (χ4v) is 1.84. The monoisotopic (exact) mass is 278 g/mol. The maximum atomic E-state index is 12.1. The van der Waals surface area contributed by atoms with E-state index in [9.17, 15) is 13.6 Å². The number of ether oxygens (including phenoxy) is 2. The Morgan fingerprint density at radius 1 is 1.05 bits per heavy atom. The molecule has 0 N–H and O–H groups in total. The average Bonchev–Trinajstić information content (AvgIpc) is 2.46. The Morgan fingerprint density at radius 2 is 1.70 bits per heavy atom. The third kappa shape index (κ3) is 3.12. The number of rotatable bonds is 4. The van der Waals surface area contributed by atoms with Gasteiger partial charge in [-0.1, -0.05) is 30.3 Å². The second kappa shape index (κ2) is 6.14. The van der Waals surface area contributed by atoms with Gasteiger partial charge in [0.05, 0.1) is 12.7 Å². The summed E-state index contributed by atoms with van der Waals surface area (Å²) in [4.78, 5) is 11.7. The van der Waals surface area contributed by atoms with Crippen molar-refractivity contribution in [2.75, 3.05) is 7.11 Å². The predicted octanol–water partition coefficient (Wildman–Crippen LogP) is 3.74. The SMILES string of the molecule is COC(=O)c1ccccc1-c1ccc(OC(F)F)cc1. The number of esters is 1. The van der Waals surface area contributed by atoms with Gasteiger partial charge >= 0.3 is 12.6 Å². The van der Waals surface area contributed by atoms with Crippen molar-refractivity contribution < 1.29 is 23.0 Å². The summed E-state index contributed by atoms with van der Waals surface area (Å²) in [6.07, 6.45) is 0. The number of hydrogen-bond donors (Lipinski definition) is 0. The smallest absolute Gasteiger partial charge is 0.387 e. The summed E-state index contributed by atoms with van der Waals surface area (Å²) >= 11 is 0. The largest absolute Gasteiger partial charge is 0.465 e. The highest BCUT2D eigenvalue weighted by Crippen LogP contribution is 2.26. The Balaban J connectivity index is 2.34. The van der Waals surface area contributed by atoms with Crippen LogP contribution in [-0.4, -0.2) is 19.7 Å². The summed E-state index contributed by atoms with van der Waals surface area (Å²) in [5.41, 5.74) is 1.80. The van der Waals surface area contributed by atoms with Gasteiger partial charge in [0.25, 0.3) is 0 Å². The minimum Gasteiger partial charge on any atom is -0.465 e. The summed E-state index contributed by atoms with van der Waals surface area (Å²) in [7, 11) is 1.30. The van der Waals surface area contributed by atoms with Gasteiger partial charge in [-0.2, -0.15) is 8.78 Å². The van der Waals surface area contributed by atoms with Gasteiger partial charge in [0.15, 0.2) is 0 Å². The molecule has 3 nitrogen and oxygen atoms in total. The fourth-order valence-electron chi connectivity index (χ4n) is 1.84. The molecule has 0 aliphatic carbocycles. The number of benzene rings is 2. The number of hydrogen-bond acceptors (Lipinski definition) is 3. The van der Waals surface area contributed by atoms with Crippen LogP contribution in [0.1, 0.15) is 10.4 Å². The normalized spacial score (nSPS) is 10.4. The van der Waals surface area contributed by atoms with Crippen LogP contribution in [0, 0.1) is 0 Å². The third-order valence-electron chi connectivity index (χ3n) is 2.72. The Hall–Kier alpha value is -2.43. The molecule has 2 rings (SSSR count). The standard InChI is InChI=1S/C15H12F2O3/c1-19-14(18)13-5-3-2-4-12(13)10-6-8-11(9-7-10)20-15(16)17/h2-9,15H,1H3. The summed E-state index contributed by atoms with van der Waals surface area (Å²) < 4.78 is 33.1. The molecule has 0 aliphatic heterocycles. The summed E-state index contributed by atoms with van der Waals surface area (Å²) in [6.45, 7) is -2.86. The lowest BCUT2D eigenvalue weighted by Gasteiger charge is -2.09. The van der Waals surface area contributed by atoms with Gasteiger partial charge in [0.1, 0.15) is 5.75 Å². The summed E-state index contributed by atoms with van der Waals surface area (Å²) in [6, 6.07) is 13.0. The van der Waals surface area contributed by atoms with Crippen LogP contribution in [0.25, 0.3) is 11.1 Å². The van der Waals surface area contributed by atoms with Gasteiger partial charge in [-0.15, -0.1) is 0 Å². The lowest BCUT2D eigenvalue weighted by atomic mass is 10.00. The molecule has 0 atom stereocenters. The topological polar surface area (TPSA) is 35.5 Å². The molecule has 0 aromatic heterocycles. The minimum atomic E-state index is -2.86. The number of alkyl halides is 2. The van der Waals surface area contributed by atoms with Gasteiger partial charge in [-0.05, 0) is 29.3 Å². The Morgan fingerprint density at radius 3 is 2.30 bits per heavy atom. The first-order valence-corrected chi connectivity index (χ1v) is 5.84. The molecule has 0 bridgehead atoms. The number of methoxy groups -OCH3 is 1. The van der Waals surface area contributed by atoms with E-state index in [0.29, 0.717) is 16.7 Å². The number of carbonyl (C=O) groups excluding carboxylic acids is 1. The second-order valence-corrected chi connectivity index (χ2v) is 3.94. The van der Waals surface area contributed by atoms with E-state index in [0.717, 1.165) is 0 Å². The zero-order chi connectivity index (χ0) is 14.5. The Kier molecular flexibility index (Phi) is 4.30. The minimum absolute atomic E-state index is 0.0688. The van der Waals surface area contributed by atoms with Crippen LogP contribution in [0.15, 0.2) is 48.5 Å². The summed E-state index contributed by atoms with van der Waals surface area (Å²) in [5.74, 6) is -0.382. The number of halogens is 2. The maximum absolute atomic E-state index is 12.1. The molecule has 0 aliphatic rings. The molecule has 0 saturated carbocycles. The van der Waals surface area contributed by atoms with E-state index in [1.807, 2.05) is 0 Å². The zero-order valence-electron chi connectivity index (χ0n) is 10.7. The van der Waals surface area contributed by atoms with Crippen molar-refractivity contribution in [1.29, 1.82) is 0 Å². The van der Waals surface area contributed by atoms with Gasteiger partial charge < -0.3 is 9.47 Å². The van der Waals surface area contributed by atoms with Crippen molar-refractivity contribution in [3.8, 4) is 16.9 Å². The Labute approximate surface area is 114 Å². The van der Waals surface area contributed by atoms with E-state index >= 15 is 0 Å². The van der Waals surface area contributed by atoms with E-state index in [4.69, 9.17) is 4.74 Å². The molecule has 0 unspecified atom stereocenters. The molecule has 0 radical (unpaired) electrons. The van der Waals surface area contributed by atoms with Crippen LogP contribution < -0.4 is 4.74 Å². The van der Waals surface area contributed by atoms with Crippen molar-refractivity contribution in [3.63, 3.8) is 0 Å². The lowest BCUT2D eigenvalue weighted by molar-refractivity contribution is -0.0498. The highest BCUT2D eigenvalue weighted by molar-refractivity contribution is 5.97. The van der Waals surface area contributed by atoms with Crippen LogP contribution in [0.3, 0.4) is 0 Å². The molecular weight excluding hydrogens is 266 g/mol. The van der Waals surface area contributed by atoms with Crippen molar-refractivity contribution >= 4 is 5.97 Å². The van der Waals surface area contributed by atoms with Gasteiger partial charge in [0, 0.05) is 0 Å². The van der Waals surface area contributed by atoms with E-state index in [1.165, 1.54) is 19.2 Å². The molecule has 0 amide bonds. The first kappa shape index (κ1) is 14.0. The highest BCUT2D eigenvalue weighted by atomic mass is 19.3. The van der Waals surface area contributed by atoms with Gasteiger partial charge in [0.2, 0.25) is 0 Å². The zero-order valence-corrected chi connectivity index (χ0v) is 10.7. The van der Waals surface area contributed by atoms with E-state index in [2.05, 4.69) is 4.74 Å². The van der Waals surface area contributed by atoms with Crippen molar-refractivity contribution in [2.24, 2.45) is 0 Å². The molecule has 20 heavy (non-hydrogen) atoms. The third-order valence-corrected chi connectivity index (χ3v) is 2.72. The van der Waals surface area contributed by atoms with E-state index in [-0.39, 0.29) is 5.75 Å². The highest BCUT2D eigenvalue weighted by Gasteiger charge is 2.12. The van der Waals surface area contributed by atoms with Crippen LogP contribution in [0.4, 0.5) is 8.78 Å². The van der Waals surface area contributed by atoms with Crippen molar-refractivity contribution in [1.82, 2.24) is 0 Å². The van der Waals surface area contributed by atoms with Crippen LogP contribution in [0.5, 0.6) is 5.75 Å². The molecule has 2 aromatic rings. The maximum Gasteiger partial charge on any atom is 0.387 e. The van der Waals surface area contributed by atoms with Gasteiger partial charge in [-0.3, -0.25) is 0 Å². The quantitative estimate of drug-likeness (QED) is 0.799. The van der Waals surface area contributed by atoms with Gasteiger partial charge in [-0.25, -0.2) is 4.79 Å². The second-order valence-electron chi connectivity index (χ2n) is 3.94.